The summed E-state index contributed by atoms with van der Waals surface area (Å²) in [7, 11) is 1.66. The summed E-state index contributed by atoms with van der Waals surface area (Å²) in [5.41, 5.74) is 3.08. The average molecular weight is 331 g/mol. The van der Waals surface area contributed by atoms with Gasteiger partial charge in [0.05, 0.1) is 18.1 Å². The summed E-state index contributed by atoms with van der Waals surface area (Å²) in [6.07, 6.45) is 3.52. The van der Waals surface area contributed by atoms with Crippen LogP contribution in [-0.4, -0.2) is 26.6 Å². The number of fused-ring (bicyclic) bond motifs is 1. The predicted octanol–water partition coefficient (Wildman–Crippen LogP) is 3.44. The van der Waals surface area contributed by atoms with Crippen LogP contribution in [0.3, 0.4) is 0 Å². The number of para-hydroxylation sites is 2. The van der Waals surface area contributed by atoms with Gasteiger partial charge >= 0.3 is 0 Å². The molecule has 0 saturated heterocycles. The molecule has 1 N–H and O–H groups in total. The number of hydrogen-bond acceptors (Lipinski definition) is 5. The van der Waals surface area contributed by atoms with Crippen LogP contribution in [0.2, 0.25) is 0 Å². The smallest absolute Gasteiger partial charge is 0.224 e. The van der Waals surface area contributed by atoms with Gasteiger partial charge in [-0.2, -0.15) is 4.98 Å². The third-order valence-electron chi connectivity index (χ3n) is 3.95. The van der Waals surface area contributed by atoms with Crippen molar-refractivity contribution in [1.29, 1.82) is 0 Å². The number of ether oxygens (including phenoxy) is 1. The Kier molecular flexibility index (Phi) is 4.00. The van der Waals surface area contributed by atoms with E-state index in [0.29, 0.717) is 12.5 Å². The molecule has 2 aromatic carbocycles. The molecular formula is C19H17N5O. The first-order valence-electron chi connectivity index (χ1n) is 7.96. The van der Waals surface area contributed by atoms with Gasteiger partial charge in [-0.3, -0.25) is 4.57 Å². The minimum atomic E-state index is 0.575. The van der Waals surface area contributed by atoms with E-state index >= 15 is 0 Å². The SMILES string of the molecule is COc1ccc(CNc2nccc(-n3cnc4ccccc43)n2)cc1. The van der Waals surface area contributed by atoms with E-state index in [0.717, 1.165) is 28.2 Å². The Labute approximate surface area is 145 Å². The minimum Gasteiger partial charge on any atom is -0.497 e. The van der Waals surface area contributed by atoms with Crippen LogP contribution in [-0.2, 0) is 6.54 Å². The fourth-order valence-electron chi connectivity index (χ4n) is 2.63. The second-order valence-corrected chi connectivity index (χ2v) is 5.54. The van der Waals surface area contributed by atoms with Crippen molar-refractivity contribution in [3.8, 4) is 11.6 Å². The molecule has 0 unspecified atom stereocenters. The Bertz CT molecular complexity index is 994. The molecule has 0 aliphatic rings. The van der Waals surface area contributed by atoms with Crippen LogP contribution in [0.1, 0.15) is 5.56 Å². The molecule has 6 heteroatoms. The van der Waals surface area contributed by atoms with Gasteiger partial charge in [0.15, 0.2) is 0 Å². The van der Waals surface area contributed by atoms with Gasteiger partial charge in [-0.25, -0.2) is 9.97 Å². The first-order chi connectivity index (χ1) is 12.3. The number of imidazole rings is 1. The van der Waals surface area contributed by atoms with Crippen molar-refractivity contribution in [2.45, 2.75) is 6.54 Å². The molecule has 0 aliphatic heterocycles. The van der Waals surface area contributed by atoms with Crippen LogP contribution in [0.25, 0.3) is 16.9 Å². The van der Waals surface area contributed by atoms with Crippen LogP contribution in [0.4, 0.5) is 5.95 Å². The highest BCUT2D eigenvalue weighted by molar-refractivity contribution is 5.76. The zero-order valence-electron chi connectivity index (χ0n) is 13.8. The van der Waals surface area contributed by atoms with Crippen molar-refractivity contribution < 1.29 is 4.74 Å². The van der Waals surface area contributed by atoms with Crippen molar-refractivity contribution in [3.05, 3.63) is 72.7 Å². The fraction of sp³-hybridized carbons (Fsp3) is 0.105. The van der Waals surface area contributed by atoms with Crippen LogP contribution in [0, 0.1) is 0 Å². The Morgan fingerprint density at radius 1 is 1.00 bits per heavy atom. The Hall–Kier alpha value is -3.41. The van der Waals surface area contributed by atoms with Crippen LogP contribution in [0.5, 0.6) is 5.75 Å². The van der Waals surface area contributed by atoms with Crippen LogP contribution >= 0.6 is 0 Å². The molecule has 0 saturated carbocycles. The summed E-state index contributed by atoms with van der Waals surface area (Å²) in [6.45, 7) is 0.637. The lowest BCUT2D eigenvalue weighted by molar-refractivity contribution is 0.414. The third-order valence-corrected chi connectivity index (χ3v) is 3.95. The molecule has 0 radical (unpaired) electrons. The van der Waals surface area contributed by atoms with E-state index in [1.807, 2.05) is 59.2 Å². The highest BCUT2D eigenvalue weighted by atomic mass is 16.5. The van der Waals surface area contributed by atoms with Crippen LogP contribution < -0.4 is 10.1 Å². The number of aromatic nitrogens is 4. The van der Waals surface area contributed by atoms with E-state index in [1.54, 1.807) is 19.6 Å². The lowest BCUT2D eigenvalue weighted by atomic mass is 10.2. The Morgan fingerprint density at radius 3 is 2.68 bits per heavy atom. The number of nitrogens with one attached hydrogen (secondary N) is 1. The second kappa shape index (κ2) is 6.60. The zero-order chi connectivity index (χ0) is 17.1. The largest absolute Gasteiger partial charge is 0.497 e. The molecule has 0 bridgehead atoms. The lowest BCUT2D eigenvalue weighted by Crippen LogP contribution is -2.06. The first-order valence-corrected chi connectivity index (χ1v) is 7.96. The maximum absolute atomic E-state index is 5.17. The van der Waals surface area contributed by atoms with Gasteiger partial charge in [-0.1, -0.05) is 24.3 Å². The van der Waals surface area contributed by atoms with Gasteiger partial charge in [0, 0.05) is 12.7 Å². The summed E-state index contributed by atoms with van der Waals surface area (Å²) in [6, 6.07) is 17.7. The summed E-state index contributed by atoms with van der Waals surface area (Å²) < 4.78 is 7.12. The quantitative estimate of drug-likeness (QED) is 0.607. The number of anilines is 1. The molecule has 4 aromatic rings. The molecule has 4 rings (SSSR count). The molecular weight excluding hydrogens is 314 g/mol. The van der Waals surface area contributed by atoms with Gasteiger partial charge < -0.3 is 10.1 Å². The zero-order valence-corrected chi connectivity index (χ0v) is 13.8. The van der Waals surface area contributed by atoms with E-state index in [9.17, 15) is 0 Å². The summed E-state index contributed by atoms with van der Waals surface area (Å²) in [5, 5.41) is 3.25. The maximum atomic E-state index is 5.17. The predicted molar refractivity (Wildman–Crippen MR) is 97.0 cm³/mol. The number of methoxy groups -OCH3 is 1. The monoisotopic (exact) mass is 331 g/mol. The van der Waals surface area contributed by atoms with Crippen molar-refractivity contribution in [2.75, 3.05) is 12.4 Å². The molecule has 0 spiro atoms. The lowest BCUT2D eigenvalue weighted by Gasteiger charge is -2.08. The second-order valence-electron chi connectivity index (χ2n) is 5.54. The Morgan fingerprint density at radius 2 is 1.84 bits per heavy atom. The maximum Gasteiger partial charge on any atom is 0.224 e. The molecule has 0 amide bonds. The van der Waals surface area contributed by atoms with E-state index in [1.165, 1.54) is 0 Å². The van der Waals surface area contributed by atoms with Gasteiger partial charge in [-0.05, 0) is 35.9 Å². The molecule has 2 aromatic heterocycles. The van der Waals surface area contributed by atoms with Gasteiger partial charge in [-0.15, -0.1) is 0 Å². The highest BCUT2D eigenvalue weighted by Crippen LogP contribution is 2.17. The van der Waals surface area contributed by atoms with E-state index in [-0.39, 0.29) is 0 Å². The molecule has 0 aliphatic carbocycles. The van der Waals surface area contributed by atoms with Crippen molar-refractivity contribution >= 4 is 17.0 Å². The van der Waals surface area contributed by atoms with Gasteiger partial charge in [0.2, 0.25) is 5.95 Å². The normalized spacial score (nSPS) is 10.8. The molecule has 25 heavy (non-hydrogen) atoms. The first kappa shape index (κ1) is 15.1. The van der Waals surface area contributed by atoms with Gasteiger partial charge in [0.25, 0.3) is 0 Å². The van der Waals surface area contributed by atoms with E-state index in [2.05, 4.69) is 20.3 Å². The Balaban J connectivity index is 1.55. The topological polar surface area (TPSA) is 64.9 Å². The number of benzene rings is 2. The highest BCUT2D eigenvalue weighted by Gasteiger charge is 2.06. The minimum absolute atomic E-state index is 0.575. The number of hydrogen-bond donors (Lipinski definition) is 1. The van der Waals surface area contributed by atoms with Crippen molar-refractivity contribution in [2.24, 2.45) is 0 Å². The summed E-state index contributed by atoms with van der Waals surface area (Å²) >= 11 is 0. The molecule has 6 nitrogen and oxygen atoms in total. The van der Waals surface area contributed by atoms with Crippen LogP contribution in [0.15, 0.2) is 67.1 Å². The number of rotatable bonds is 5. The standard InChI is InChI=1S/C19H17N5O/c1-25-15-8-6-14(7-9-15)12-21-19-20-11-10-18(23-19)24-13-22-16-4-2-3-5-17(16)24/h2-11,13H,12H2,1H3,(H,20,21,23). The van der Waals surface area contributed by atoms with Crippen molar-refractivity contribution in [3.63, 3.8) is 0 Å². The third kappa shape index (κ3) is 3.14. The molecule has 2 heterocycles. The fourth-order valence-corrected chi connectivity index (χ4v) is 2.63. The molecule has 0 atom stereocenters. The van der Waals surface area contributed by atoms with E-state index < -0.39 is 0 Å². The van der Waals surface area contributed by atoms with Gasteiger partial charge in [0.1, 0.15) is 17.9 Å². The summed E-state index contributed by atoms with van der Waals surface area (Å²) in [5.74, 6) is 2.20. The summed E-state index contributed by atoms with van der Waals surface area (Å²) in [4.78, 5) is 13.3. The molecule has 124 valence electrons. The molecule has 0 fully saturated rings. The average Bonchev–Trinajstić information content (AvgIpc) is 3.11. The van der Waals surface area contributed by atoms with E-state index in [4.69, 9.17) is 4.74 Å². The number of nitrogens with zero attached hydrogens (tertiary/aromatic N) is 4. The van der Waals surface area contributed by atoms with Crippen molar-refractivity contribution in [1.82, 2.24) is 19.5 Å².